The molecule has 1 aliphatic rings. The summed E-state index contributed by atoms with van der Waals surface area (Å²) in [5.41, 5.74) is -0.852. The van der Waals surface area contributed by atoms with Gasteiger partial charge in [-0.25, -0.2) is 0 Å². The van der Waals surface area contributed by atoms with Crippen molar-refractivity contribution in [2.75, 3.05) is 0 Å². The smallest absolute Gasteiger partial charge is 0.240 e. The molecule has 1 aliphatic heterocycles. The lowest BCUT2D eigenvalue weighted by Gasteiger charge is -2.23. The van der Waals surface area contributed by atoms with Crippen LogP contribution < -0.4 is 5.32 Å². The van der Waals surface area contributed by atoms with Gasteiger partial charge in [0.15, 0.2) is 0 Å². The first-order chi connectivity index (χ1) is 7.10. The van der Waals surface area contributed by atoms with Crippen molar-refractivity contribution >= 4 is 11.8 Å². The Morgan fingerprint density at radius 3 is 2.80 bits per heavy atom. The molecular weight excluding hydrogens is 194 g/mol. The highest BCUT2D eigenvalue weighted by Gasteiger charge is 2.53. The maximum atomic E-state index is 11.8. The average Bonchev–Trinajstić information content (AvgIpc) is 2.76. The van der Waals surface area contributed by atoms with Crippen LogP contribution in [0.15, 0.2) is 22.8 Å². The summed E-state index contributed by atoms with van der Waals surface area (Å²) in [6, 6.07) is 3.46. The lowest BCUT2D eigenvalue weighted by atomic mass is 9.75. The number of rotatable bonds is 2. The number of amides is 2. The summed E-state index contributed by atoms with van der Waals surface area (Å²) in [7, 11) is 0. The molecule has 4 heteroatoms. The molecule has 1 fully saturated rings. The van der Waals surface area contributed by atoms with Crippen LogP contribution in [0.4, 0.5) is 0 Å². The second kappa shape index (κ2) is 3.22. The van der Waals surface area contributed by atoms with Crippen molar-refractivity contribution < 1.29 is 14.0 Å². The van der Waals surface area contributed by atoms with E-state index in [1.54, 1.807) is 19.1 Å². The third-order valence-corrected chi connectivity index (χ3v) is 3.16. The van der Waals surface area contributed by atoms with E-state index in [1.165, 1.54) is 6.26 Å². The number of furan rings is 1. The van der Waals surface area contributed by atoms with Crippen molar-refractivity contribution in [3.8, 4) is 0 Å². The highest BCUT2D eigenvalue weighted by Crippen LogP contribution is 2.38. The molecule has 0 spiro atoms. The predicted molar refractivity (Wildman–Crippen MR) is 53.0 cm³/mol. The fourth-order valence-corrected chi connectivity index (χ4v) is 2.20. The van der Waals surface area contributed by atoms with E-state index in [1.807, 2.05) is 6.92 Å². The van der Waals surface area contributed by atoms with Gasteiger partial charge in [0.25, 0.3) is 0 Å². The van der Waals surface area contributed by atoms with E-state index >= 15 is 0 Å². The minimum absolute atomic E-state index is 0.207. The first-order valence-corrected chi connectivity index (χ1v) is 5.00. The molecule has 2 amide bonds. The maximum Gasteiger partial charge on any atom is 0.240 e. The molecule has 1 aromatic rings. The number of imide groups is 1. The van der Waals surface area contributed by atoms with E-state index in [4.69, 9.17) is 4.42 Å². The minimum Gasteiger partial charge on any atom is -0.468 e. The highest BCUT2D eigenvalue weighted by atomic mass is 16.3. The number of hydrogen-bond donors (Lipinski definition) is 1. The van der Waals surface area contributed by atoms with Gasteiger partial charge in [-0.05, 0) is 25.5 Å². The van der Waals surface area contributed by atoms with Gasteiger partial charge in [0.05, 0.1) is 12.2 Å². The number of hydrogen-bond acceptors (Lipinski definition) is 3. The molecule has 80 valence electrons. The first kappa shape index (κ1) is 9.96. The second-order valence-electron chi connectivity index (χ2n) is 3.96. The zero-order valence-electron chi connectivity index (χ0n) is 8.74. The van der Waals surface area contributed by atoms with Crippen molar-refractivity contribution in [1.82, 2.24) is 5.32 Å². The Bertz CT molecular complexity index is 396. The van der Waals surface area contributed by atoms with Crippen molar-refractivity contribution in [1.29, 1.82) is 0 Å². The predicted octanol–water partition coefficient (Wildman–Crippen LogP) is 1.22. The fraction of sp³-hybridized carbons (Fsp3) is 0.455. The van der Waals surface area contributed by atoms with E-state index in [0.29, 0.717) is 12.2 Å². The van der Waals surface area contributed by atoms with Crippen molar-refractivity contribution in [2.45, 2.75) is 25.7 Å². The monoisotopic (exact) mass is 207 g/mol. The van der Waals surface area contributed by atoms with Gasteiger partial charge >= 0.3 is 0 Å². The van der Waals surface area contributed by atoms with Gasteiger partial charge in [0, 0.05) is 0 Å². The molecule has 0 radical (unpaired) electrons. The Morgan fingerprint density at radius 2 is 2.27 bits per heavy atom. The van der Waals surface area contributed by atoms with E-state index in [2.05, 4.69) is 5.32 Å². The molecule has 1 N–H and O–H groups in total. The highest BCUT2D eigenvalue weighted by molar-refractivity contribution is 6.09. The van der Waals surface area contributed by atoms with E-state index in [9.17, 15) is 9.59 Å². The van der Waals surface area contributed by atoms with Gasteiger partial charge in [-0.15, -0.1) is 0 Å². The van der Waals surface area contributed by atoms with E-state index < -0.39 is 5.41 Å². The normalized spacial score (nSPS) is 30.7. The zero-order chi connectivity index (χ0) is 11.1. The van der Waals surface area contributed by atoms with Crippen molar-refractivity contribution in [2.24, 2.45) is 5.92 Å². The number of nitrogens with one attached hydrogen (secondary N) is 1. The Kier molecular flexibility index (Phi) is 2.14. The van der Waals surface area contributed by atoms with Crippen LogP contribution in [0.1, 0.15) is 26.0 Å². The fourth-order valence-electron chi connectivity index (χ4n) is 2.20. The van der Waals surface area contributed by atoms with Crippen molar-refractivity contribution in [3.05, 3.63) is 24.2 Å². The van der Waals surface area contributed by atoms with Gasteiger partial charge in [-0.1, -0.05) is 6.92 Å². The summed E-state index contributed by atoms with van der Waals surface area (Å²) in [5.74, 6) is -0.260. The first-order valence-electron chi connectivity index (χ1n) is 5.00. The maximum absolute atomic E-state index is 11.8. The molecule has 0 aromatic carbocycles. The minimum atomic E-state index is -0.852. The van der Waals surface area contributed by atoms with Crippen LogP contribution in [-0.4, -0.2) is 11.8 Å². The molecule has 0 saturated carbocycles. The molecule has 0 aliphatic carbocycles. The Balaban J connectivity index is 2.49. The average molecular weight is 207 g/mol. The number of carbonyl (C=O) groups excluding carboxylic acids is 2. The SMILES string of the molecule is CCC1C(=O)NC(=O)C1(C)c1ccco1. The standard InChI is InChI=1S/C11H13NO3/c1-3-7-9(13)12-10(14)11(7,2)8-5-4-6-15-8/h4-7H,3H2,1-2H3,(H,12,13,14). The van der Waals surface area contributed by atoms with Crippen LogP contribution in [0.5, 0.6) is 0 Å². The largest absolute Gasteiger partial charge is 0.468 e. The topological polar surface area (TPSA) is 59.3 Å². The molecule has 0 bridgehead atoms. The molecular formula is C11H13NO3. The molecule has 2 heterocycles. The van der Waals surface area contributed by atoms with Gasteiger partial charge in [-0.2, -0.15) is 0 Å². The van der Waals surface area contributed by atoms with Crippen molar-refractivity contribution in [3.63, 3.8) is 0 Å². The lowest BCUT2D eigenvalue weighted by molar-refractivity contribution is -0.126. The molecule has 2 atom stereocenters. The summed E-state index contributed by atoms with van der Waals surface area (Å²) < 4.78 is 5.26. The molecule has 2 unspecified atom stereocenters. The van der Waals surface area contributed by atoms with Crippen LogP contribution in [0.2, 0.25) is 0 Å². The van der Waals surface area contributed by atoms with Gasteiger partial charge in [0.1, 0.15) is 11.2 Å². The van der Waals surface area contributed by atoms with Gasteiger partial charge < -0.3 is 4.42 Å². The summed E-state index contributed by atoms with van der Waals surface area (Å²) >= 11 is 0. The molecule has 4 nitrogen and oxygen atoms in total. The third-order valence-electron chi connectivity index (χ3n) is 3.16. The van der Waals surface area contributed by atoms with Gasteiger partial charge in [-0.3, -0.25) is 14.9 Å². The molecule has 1 aromatic heterocycles. The van der Waals surface area contributed by atoms with Crippen LogP contribution in [0.3, 0.4) is 0 Å². The second-order valence-corrected chi connectivity index (χ2v) is 3.96. The van der Waals surface area contributed by atoms with E-state index in [-0.39, 0.29) is 17.7 Å². The molecule has 1 saturated heterocycles. The van der Waals surface area contributed by atoms with Crippen LogP contribution >= 0.6 is 0 Å². The third kappa shape index (κ3) is 1.21. The van der Waals surface area contributed by atoms with E-state index in [0.717, 1.165) is 0 Å². The Hall–Kier alpha value is -1.58. The summed E-state index contributed by atoms with van der Waals surface area (Å²) in [5, 5.41) is 2.36. The van der Waals surface area contributed by atoms with Crippen LogP contribution in [0.25, 0.3) is 0 Å². The van der Waals surface area contributed by atoms with Crippen LogP contribution in [-0.2, 0) is 15.0 Å². The number of carbonyl (C=O) groups is 2. The quantitative estimate of drug-likeness (QED) is 0.742. The van der Waals surface area contributed by atoms with Crippen LogP contribution in [0, 0.1) is 5.92 Å². The molecule has 2 rings (SSSR count). The molecule has 15 heavy (non-hydrogen) atoms. The summed E-state index contributed by atoms with van der Waals surface area (Å²) in [6.07, 6.45) is 2.14. The lowest BCUT2D eigenvalue weighted by Crippen LogP contribution is -2.36. The summed E-state index contributed by atoms with van der Waals surface area (Å²) in [4.78, 5) is 23.3. The van der Waals surface area contributed by atoms with Gasteiger partial charge in [0.2, 0.25) is 11.8 Å². The Morgan fingerprint density at radius 1 is 1.53 bits per heavy atom. The Labute approximate surface area is 87.6 Å². The zero-order valence-corrected chi connectivity index (χ0v) is 8.74. The summed E-state index contributed by atoms with van der Waals surface area (Å²) in [6.45, 7) is 3.64.